The Morgan fingerprint density at radius 2 is 1.93 bits per heavy atom. The Morgan fingerprint density at radius 1 is 1.11 bits per heavy atom. The molecule has 0 aliphatic carbocycles. The predicted octanol–water partition coefficient (Wildman–Crippen LogP) is 5.40. The number of hydrazone groups is 1. The van der Waals surface area contributed by atoms with Crippen LogP contribution >= 0.6 is 23.2 Å². The van der Waals surface area contributed by atoms with Crippen LogP contribution in [-0.2, 0) is 4.79 Å². The van der Waals surface area contributed by atoms with Gasteiger partial charge in [0.05, 0.1) is 16.3 Å². The van der Waals surface area contributed by atoms with Gasteiger partial charge in [0, 0.05) is 5.56 Å². The topological polar surface area (TPSA) is 63.8 Å². The van der Waals surface area contributed by atoms with E-state index in [0.717, 1.165) is 16.7 Å². The monoisotopic (exact) mass is 416 g/mol. The molecule has 5 nitrogen and oxygen atoms in total. The highest BCUT2D eigenvalue weighted by atomic mass is 35.5. The van der Waals surface area contributed by atoms with Gasteiger partial charge in [-0.3, -0.25) is 4.79 Å². The second kappa shape index (κ2) is 8.95. The van der Waals surface area contributed by atoms with E-state index in [-0.39, 0.29) is 12.5 Å². The summed E-state index contributed by atoms with van der Waals surface area (Å²) >= 11 is 11.9. The molecule has 7 heteroatoms. The van der Waals surface area contributed by atoms with Gasteiger partial charge in [0.1, 0.15) is 17.3 Å². The van der Waals surface area contributed by atoms with Crippen molar-refractivity contribution in [2.45, 2.75) is 13.8 Å². The van der Waals surface area contributed by atoms with Crippen LogP contribution in [0.25, 0.3) is 11.3 Å². The molecule has 0 saturated heterocycles. The fourth-order valence-electron chi connectivity index (χ4n) is 2.43. The maximum atomic E-state index is 11.9. The van der Waals surface area contributed by atoms with Gasteiger partial charge in [0.25, 0.3) is 5.91 Å². The van der Waals surface area contributed by atoms with Gasteiger partial charge in [0.2, 0.25) is 0 Å². The third-order valence-corrected chi connectivity index (χ3v) is 4.65. The van der Waals surface area contributed by atoms with Crippen LogP contribution < -0.4 is 10.2 Å². The Kier molecular flexibility index (Phi) is 6.39. The lowest BCUT2D eigenvalue weighted by Crippen LogP contribution is -2.24. The largest absolute Gasteiger partial charge is 0.483 e. The molecule has 0 aliphatic rings. The average Bonchev–Trinajstić information content (AvgIpc) is 3.13. The molecule has 0 radical (unpaired) electrons. The molecule has 1 aromatic heterocycles. The highest BCUT2D eigenvalue weighted by Crippen LogP contribution is 2.29. The number of carbonyl (C=O) groups excluding carboxylic acids is 1. The summed E-state index contributed by atoms with van der Waals surface area (Å²) < 4.78 is 11.2. The van der Waals surface area contributed by atoms with Crippen LogP contribution in [0.5, 0.6) is 5.75 Å². The van der Waals surface area contributed by atoms with Crippen LogP contribution in [0, 0.1) is 13.8 Å². The molecule has 0 bridgehead atoms. The van der Waals surface area contributed by atoms with Crippen molar-refractivity contribution in [3.05, 3.63) is 75.5 Å². The summed E-state index contributed by atoms with van der Waals surface area (Å²) in [6, 6.07) is 14.6. The average molecular weight is 417 g/mol. The van der Waals surface area contributed by atoms with E-state index in [1.165, 1.54) is 6.21 Å². The molecule has 28 heavy (non-hydrogen) atoms. The Morgan fingerprint density at radius 3 is 2.71 bits per heavy atom. The molecule has 0 unspecified atom stereocenters. The summed E-state index contributed by atoms with van der Waals surface area (Å²) in [6.45, 7) is 3.76. The number of benzene rings is 2. The van der Waals surface area contributed by atoms with E-state index >= 15 is 0 Å². The number of hydrogen-bond donors (Lipinski definition) is 1. The van der Waals surface area contributed by atoms with Crippen LogP contribution in [0.15, 0.2) is 58.0 Å². The highest BCUT2D eigenvalue weighted by Gasteiger charge is 2.07. The summed E-state index contributed by atoms with van der Waals surface area (Å²) in [5.41, 5.74) is 5.23. The van der Waals surface area contributed by atoms with Gasteiger partial charge in [0.15, 0.2) is 6.61 Å². The Hall–Kier alpha value is -2.76. The first-order valence-corrected chi connectivity index (χ1v) is 9.25. The van der Waals surface area contributed by atoms with Crippen molar-refractivity contribution in [3.63, 3.8) is 0 Å². The first-order valence-electron chi connectivity index (χ1n) is 8.49. The quantitative estimate of drug-likeness (QED) is 0.432. The van der Waals surface area contributed by atoms with Gasteiger partial charge in [-0.15, -0.1) is 0 Å². The van der Waals surface area contributed by atoms with Crippen molar-refractivity contribution < 1.29 is 13.9 Å². The number of furan rings is 1. The standard InChI is InChI=1S/C21H18Cl2N2O3/c1-13-3-4-14(2)20(9-13)27-12-21(26)25-24-11-16-6-8-19(28-16)15-5-7-17(22)18(23)10-15/h3-11H,12H2,1-2H3,(H,25,26)/b24-11+. The number of carbonyl (C=O) groups is 1. The Bertz CT molecular complexity index is 1030. The minimum Gasteiger partial charge on any atom is -0.483 e. The molecular formula is C21H18Cl2N2O3. The molecule has 3 aromatic rings. The van der Waals surface area contributed by atoms with Gasteiger partial charge in [-0.1, -0.05) is 35.3 Å². The molecule has 1 N–H and O–H groups in total. The van der Waals surface area contributed by atoms with Crippen LogP contribution in [0.3, 0.4) is 0 Å². The van der Waals surface area contributed by atoms with E-state index < -0.39 is 0 Å². The van der Waals surface area contributed by atoms with Crippen molar-refractivity contribution in [2.24, 2.45) is 5.10 Å². The zero-order chi connectivity index (χ0) is 20.1. The third-order valence-electron chi connectivity index (χ3n) is 3.91. The number of amides is 1. The number of ether oxygens (including phenoxy) is 1. The van der Waals surface area contributed by atoms with E-state index in [0.29, 0.717) is 27.3 Å². The zero-order valence-corrected chi connectivity index (χ0v) is 16.8. The molecule has 0 fully saturated rings. The summed E-state index contributed by atoms with van der Waals surface area (Å²) in [7, 11) is 0. The zero-order valence-electron chi connectivity index (χ0n) is 15.3. The molecule has 3 rings (SSSR count). The molecule has 0 saturated carbocycles. The summed E-state index contributed by atoms with van der Waals surface area (Å²) in [5, 5.41) is 4.81. The molecule has 0 atom stereocenters. The molecule has 0 spiro atoms. The van der Waals surface area contributed by atoms with Crippen molar-refractivity contribution in [3.8, 4) is 17.1 Å². The SMILES string of the molecule is Cc1ccc(C)c(OCC(=O)N/N=C/c2ccc(-c3ccc(Cl)c(Cl)c3)o2)c1. The number of nitrogens with zero attached hydrogens (tertiary/aromatic N) is 1. The van der Waals surface area contributed by atoms with Gasteiger partial charge in [-0.25, -0.2) is 5.43 Å². The third kappa shape index (κ3) is 5.15. The van der Waals surface area contributed by atoms with Crippen LogP contribution in [0.4, 0.5) is 0 Å². The molecule has 1 amide bonds. The maximum Gasteiger partial charge on any atom is 0.277 e. The van der Waals surface area contributed by atoms with E-state index in [2.05, 4.69) is 10.5 Å². The number of hydrogen-bond acceptors (Lipinski definition) is 4. The van der Waals surface area contributed by atoms with E-state index in [1.807, 2.05) is 32.0 Å². The van der Waals surface area contributed by atoms with E-state index in [9.17, 15) is 4.79 Å². The van der Waals surface area contributed by atoms with Crippen molar-refractivity contribution in [2.75, 3.05) is 6.61 Å². The summed E-state index contributed by atoms with van der Waals surface area (Å²) in [4.78, 5) is 11.9. The fraction of sp³-hybridized carbons (Fsp3) is 0.143. The normalized spacial score (nSPS) is 11.0. The second-order valence-corrected chi connectivity index (χ2v) is 7.00. The van der Waals surface area contributed by atoms with Crippen molar-refractivity contribution in [1.82, 2.24) is 5.43 Å². The number of aryl methyl sites for hydroxylation is 2. The maximum absolute atomic E-state index is 11.9. The summed E-state index contributed by atoms with van der Waals surface area (Å²) in [6.07, 6.45) is 1.41. The first kappa shape index (κ1) is 20.0. The highest BCUT2D eigenvalue weighted by molar-refractivity contribution is 6.42. The van der Waals surface area contributed by atoms with Crippen LogP contribution in [0.1, 0.15) is 16.9 Å². The van der Waals surface area contributed by atoms with Crippen molar-refractivity contribution in [1.29, 1.82) is 0 Å². The predicted molar refractivity (Wildman–Crippen MR) is 111 cm³/mol. The van der Waals surface area contributed by atoms with Gasteiger partial charge >= 0.3 is 0 Å². The van der Waals surface area contributed by atoms with Gasteiger partial charge in [-0.05, 0) is 61.4 Å². The fourth-order valence-corrected chi connectivity index (χ4v) is 2.73. The Balaban J connectivity index is 1.54. The van der Waals surface area contributed by atoms with Gasteiger partial charge in [-0.2, -0.15) is 5.10 Å². The number of rotatable bonds is 6. The van der Waals surface area contributed by atoms with Gasteiger partial charge < -0.3 is 9.15 Å². The van der Waals surface area contributed by atoms with Crippen LogP contribution in [-0.4, -0.2) is 18.7 Å². The van der Waals surface area contributed by atoms with E-state index in [1.54, 1.807) is 30.3 Å². The number of halogens is 2. The molecule has 0 aliphatic heterocycles. The first-order chi connectivity index (χ1) is 13.4. The molecular weight excluding hydrogens is 399 g/mol. The van der Waals surface area contributed by atoms with Crippen molar-refractivity contribution >= 4 is 35.3 Å². The molecule has 1 heterocycles. The Labute approximate surface area is 172 Å². The van der Waals surface area contributed by atoms with Crippen LogP contribution in [0.2, 0.25) is 10.0 Å². The lowest BCUT2D eigenvalue weighted by Gasteiger charge is -2.08. The molecule has 2 aromatic carbocycles. The minimum atomic E-state index is -0.367. The number of nitrogens with one attached hydrogen (secondary N) is 1. The second-order valence-electron chi connectivity index (χ2n) is 6.18. The lowest BCUT2D eigenvalue weighted by atomic mass is 10.1. The van der Waals surface area contributed by atoms with E-state index in [4.69, 9.17) is 32.4 Å². The minimum absolute atomic E-state index is 0.131. The summed E-state index contributed by atoms with van der Waals surface area (Å²) in [5.74, 6) is 1.41. The molecule has 144 valence electrons. The smallest absolute Gasteiger partial charge is 0.277 e. The lowest BCUT2D eigenvalue weighted by molar-refractivity contribution is -0.123.